The van der Waals surface area contributed by atoms with Crippen molar-refractivity contribution in [3.8, 4) is 10.4 Å². The predicted molar refractivity (Wildman–Crippen MR) is 170 cm³/mol. The van der Waals surface area contributed by atoms with E-state index in [-0.39, 0.29) is 11.5 Å². The van der Waals surface area contributed by atoms with Crippen molar-refractivity contribution in [1.29, 1.82) is 0 Å². The number of fused-ring (bicyclic) bond motifs is 3. The van der Waals surface area contributed by atoms with E-state index in [0.29, 0.717) is 11.0 Å². The van der Waals surface area contributed by atoms with Crippen molar-refractivity contribution in [1.82, 2.24) is 0 Å². The van der Waals surface area contributed by atoms with Crippen LogP contribution >= 0.6 is 11.3 Å². The van der Waals surface area contributed by atoms with E-state index >= 15 is 0 Å². The van der Waals surface area contributed by atoms with Gasteiger partial charge in [0.05, 0.1) is 17.7 Å². The Kier molecular flexibility index (Phi) is 7.88. The normalized spacial score (nSPS) is 16.1. The molecule has 4 heteroatoms. The van der Waals surface area contributed by atoms with Crippen LogP contribution in [0.2, 0.25) is 0 Å². The van der Waals surface area contributed by atoms with Gasteiger partial charge in [-0.25, -0.2) is 0 Å². The van der Waals surface area contributed by atoms with Crippen LogP contribution in [0, 0.1) is 0 Å². The summed E-state index contributed by atoms with van der Waals surface area (Å²) in [5.74, 6) is 0. The summed E-state index contributed by atoms with van der Waals surface area (Å²) in [6.07, 6.45) is 18.9. The van der Waals surface area contributed by atoms with E-state index in [1.807, 2.05) is 23.5 Å². The summed E-state index contributed by atoms with van der Waals surface area (Å²) in [4.78, 5) is 17.8. The van der Waals surface area contributed by atoms with Crippen LogP contribution in [0.15, 0.2) is 99.9 Å². The quantitative estimate of drug-likeness (QED) is 0.185. The molecule has 2 aromatic heterocycles. The van der Waals surface area contributed by atoms with Crippen molar-refractivity contribution in [2.24, 2.45) is 0 Å². The average molecular weight is 548 g/mol. The van der Waals surface area contributed by atoms with Crippen LogP contribution in [0.1, 0.15) is 68.4 Å². The molecule has 4 aromatic rings. The number of hydrogen-bond donors (Lipinski definition) is 0. The van der Waals surface area contributed by atoms with Gasteiger partial charge in [0.2, 0.25) is 0 Å². The summed E-state index contributed by atoms with van der Waals surface area (Å²) in [7, 11) is 0. The molecule has 1 aliphatic carbocycles. The Bertz CT molecular complexity index is 1670. The highest BCUT2D eigenvalue weighted by atomic mass is 32.1. The summed E-state index contributed by atoms with van der Waals surface area (Å²) in [6, 6.07) is 19.1. The number of hydrogen-bond acceptors (Lipinski definition) is 4. The molecule has 40 heavy (non-hydrogen) atoms. The van der Waals surface area contributed by atoms with E-state index in [0.717, 1.165) is 18.5 Å². The predicted octanol–water partition coefficient (Wildman–Crippen LogP) is 9.56. The third-order valence-corrected chi connectivity index (χ3v) is 9.38. The van der Waals surface area contributed by atoms with Crippen LogP contribution in [0.5, 0.6) is 0 Å². The second-order valence-corrected chi connectivity index (χ2v) is 11.9. The molecule has 6 rings (SSSR count). The van der Waals surface area contributed by atoms with Gasteiger partial charge in [0.15, 0.2) is 5.43 Å². The molecule has 1 unspecified atom stereocenters. The van der Waals surface area contributed by atoms with Gasteiger partial charge in [0, 0.05) is 39.2 Å². The largest absolute Gasteiger partial charge is 0.464 e. The minimum Gasteiger partial charge on any atom is -0.464 e. The molecule has 0 bridgehead atoms. The van der Waals surface area contributed by atoms with Gasteiger partial charge >= 0.3 is 0 Å². The Labute approximate surface area is 241 Å². The number of thiophene rings is 1. The van der Waals surface area contributed by atoms with Crippen molar-refractivity contribution in [2.75, 3.05) is 11.4 Å². The monoisotopic (exact) mass is 547 g/mol. The number of rotatable bonds is 10. The van der Waals surface area contributed by atoms with Crippen molar-refractivity contribution in [2.45, 2.75) is 64.8 Å². The van der Waals surface area contributed by atoms with Crippen LogP contribution in [0.3, 0.4) is 0 Å². The Balaban J connectivity index is 1.52. The van der Waals surface area contributed by atoms with E-state index in [4.69, 9.17) is 4.42 Å². The van der Waals surface area contributed by atoms with Gasteiger partial charge in [-0.2, -0.15) is 0 Å². The van der Waals surface area contributed by atoms with Crippen molar-refractivity contribution in [3.63, 3.8) is 0 Å². The fraction of sp³-hybridized carbons (Fsp3) is 0.306. The zero-order valence-electron chi connectivity index (χ0n) is 23.5. The molecular weight excluding hydrogens is 510 g/mol. The molecule has 2 aliphatic rings. The molecule has 0 saturated heterocycles. The van der Waals surface area contributed by atoms with Crippen LogP contribution in [-0.2, 0) is 6.42 Å². The van der Waals surface area contributed by atoms with Gasteiger partial charge in [-0.05, 0) is 66.3 Å². The lowest BCUT2D eigenvalue weighted by atomic mass is 9.83. The number of nitrogens with zero attached hydrogens (tertiary/aromatic N) is 1. The summed E-state index contributed by atoms with van der Waals surface area (Å²) < 4.78 is 5.60. The highest BCUT2D eigenvalue weighted by molar-refractivity contribution is 7.16. The Morgan fingerprint density at radius 2 is 1.80 bits per heavy atom. The number of benzene rings is 2. The third kappa shape index (κ3) is 5.01. The maximum Gasteiger partial charge on any atom is 0.192 e. The summed E-state index contributed by atoms with van der Waals surface area (Å²) in [5.41, 5.74) is 8.54. The van der Waals surface area contributed by atoms with Crippen molar-refractivity contribution >= 4 is 33.6 Å². The van der Waals surface area contributed by atoms with Crippen molar-refractivity contribution < 1.29 is 4.42 Å². The van der Waals surface area contributed by atoms with E-state index in [9.17, 15) is 4.79 Å². The molecule has 1 atom stereocenters. The number of anilines is 1. The van der Waals surface area contributed by atoms with Crippen LogP contribution in [0.4, 0.5) is 5.69 Å². The fourth-order valence-electron chi connectivity index (χ4n) is 6.06. The summed E-state index contributed by atoms with van der Waals surface area (Å²) in [6.45, 7) is 5.58. The number of unbranched alkanes of at least 4 members (excludes halogenated alkanes) is 4. The Morgan fingerprint density at radius 3 is 2.67 bits per heavy atom. The first kappa shape index (κ1) is 26.6. The molecule has 0 radical (unpaired) electrons. The highest BCUT2D eigenvalue weighted by Gasteiger charge is 2.33. The highest BCUT2D eigenvalue weighted by Crippen LogP contribution is 2.48. The molecule has 3 heterocycles. The van der Waals surface area contributed by atoms with Gasteiger partial charge in [-0.1, -0.05) is 82.0 Å². The van der Waals surface area contributed by atoms with Gasteiger partial charge in [0.25, 0.3) is 0 Å². The van der Waals surface area contributed by atoms with Gasteiger partial charge in [0.1, 0.15) is 5.58 Å². The van der Waals surface area contributed by atoms with Gasteiger partial charge < -0.3 is 9.32 Å². The lowest BCUT2D eigenvalue weighted by molar-refractivity contribution is 0.602. The molecule has 2 aromatic carbocycles. The standard InChI is InChI=1S/C36H37NO2S/c1-3-5-7-8-13-26-24-34(25-18-19-33-29(23-25)32(38)20-22-39-33)40-36(26)35-27-14-9-11-16-30(27)37(21-6-4-2)31-17-12-10-15-28(31)35/h9-12,14-20,22-24,30H,3-8,13,21H2,1-2H3. The van der Waals surface area contributed by atoms with E-state index < -0.39 is 0 Å². The number of allylic oxidation sites excluding steroid dienone is 2. The van der Waals surface area contributed by atoms with Crippen LogP contribution < -0.4 is 10.3 Å². The molecule has 3 nitrogen and oxygen atoms in total. The fourth-order valence-corrected chi connectivity index (χ4v) is 7.35. The van der Waals surface area contributed by atoms with Crippen LogP contribution in [-0.4, -0.2) is 12.6 Å². The number of para-hydroxylation sites is 1. The number of aryl methyl sites for hydroxylation is 1. The Hall–Kier alpha value is -3.63. The SMILES string of the molecule is CCCCCCc1cc(-c2ccc3occc(=O)c3c2)sc1C1=C2C=CC=CC2N(CCCC)c2ccccc21. The molecule has 1 aliphatic heterocycles. The van der Waals surface area contributed by atoms with Gasteiger partial charge in [-0.3, -0.25) is 4.79 Å². The van der Waals surface area contributed by atoms with E-state index in [2.05, 4.69) is 79.4 Å². The first-order valence-corrected chi connectivity index (χ1v) is 15.6. The first-order chi connectivity index (χ1) is 19.7. The molecule has 0 N–H and O–H groups in total. The van der Waals surface area contributed by atoms with E-state index in [1.165, 1.54) is 88.6 Å². The topological polar surface area (TPSA) is 33.5 Å². The second kappa shape index (κ2) is 11.9. The average Bonchev–Trinajstić information content (AvgIpc) is 3.41. The summed E-state index contributed by atoms with van der Waals surface area (Å²) >= 11 is 1.87. The summed E-state index contributed by atoms with van der Waals surface area (Å²) in [5, 5.41) is 0.636. The molecule has 0 fully saturated rings. The minimum atomic E-state index is -0.0000467. The second-order valence-electron chi connectivity index (χ2n) is 10.9. The lowest BCUT2D eigenvalue weighted by Gasteiger charge is -2.40. The molecule has 0 saturated carbocycles. The van der Waals surface area contributed by atoms with Crippen LogP contribution in [0.25, 0.3) is 27.0 Å². The molecular formula is C36H37NO2S. The minimum absolute atomic E-state index is 0.0000467. The smallest absolute Gasteiger partial charge is 0.192 e. The zero-order chi connectivity index (χ0) is 27.5. The molecule has 0 spiro atoms. The molecule has 0 amide bonds. The maximum atomic E-state index is 12.6. The Morgan fingerprint density at radius 1 is 0.925 bits per heavy atom. The third-order valence-electron chi connectivity index (χ3n) is 8.14. The van der Waals surface area contributed by atoms with Gasteiger partial charge in [-0.15, -0.1) is 11.3 Å². The lowest BCUT2D eigenvalue weighted by Crippen LogP contribution is -2.40. The zero-order valence-corrected chi connectivity index (χ0v) is 24.3. The molecule has 204 valence electrons. The van der Waals surface area contributed by atoms with Crippen molar-refractivity contribution in [3.05, 3.63) is 117 Å². The first-order valence-electron chi connectivity index (χ1n) is 14.8. The maximum absolute atomic E-state index is 12.6. The van der Waals surface area contributed by atoms with E-state index in [1.54, 1.807) is 0 Å².